The van der Waals surface area contributed by atoms with E-state index in [1.165, 1.54) is 0 Å². The number of hydrogen-bond acceptors (Lipinski definition) is 7. The van der Waals surface area contributed by atoms with Gasteiger partial charge in [-0.05, 0) is 29.7 Å². The molecule has 1 atom stereocenters. The van der Waals surface area contributed by atoms with Crippen LogP contribution in [0.2, 0.25) is 0 Å². The lowest BCUT2D eigenvalue weighted by molar-refractivity contribution is 0.289. The van der Waals surface area contributed by atoms with Crippen LogP contribution in [0.5, 0.6) is 17.2 Å². The largest absolute Gasteiger partial charge is 0.493 e. The standard InChI is InChI=1S/C22H23N3O4S/c1-13-24-22(25-29-13)15-6-4-14(5-7-15)10-17(21(23)30)16-11-18(26-2)20-19(12-16)27-8-3-9-28-20/h4-7,11-12,17H,3,8-10H2,1-2H3,(H2,23,30). The fraction of sp³-hybridized carbons (Fsp3) is 0.318. The third kappa shape index (κ3) is 4.23. The number of aromatic nitrogens is 2. The van der Waals surface area contributed by atoms with Gasteiger partial charge in [-0.15, -0.1) is 0 Å². The number of rotatable bonds is 6. The van der Waals surface area contributed by atoms with Crippen molar-refractivity contribution in [3.8, 4) is 28.6 Å². The molecule has 0 fully saturated rings. The van der Waals surface area contributed by atoms with Crippen LogP contribution >= 0.6 is 12.2 Å². The van der Waals surface area contributed by atoms with Crippen LogP contribution in [0, 0.1) is 6.92 Å². The smallest absolute Gasteiger partial charge is 0.223 e. The number of nitrogens with two attached hydrogens (primary N) is 1. The molecular formula is C22H23N3O4S. The maximum atomic E-state index is 6.12. The molecule has 7 nitrogen and oxygen atoms in total. The number of ether oxygens (including phenoxy) is 3. The number of thiocarbonyl (C=S) groups is 1. The maximum absolute atomic E-state index is 6.12. The van der Waals surface area contributed by atoms with Gasteiger partial charge in [-0.2, -0.15) is 4.98 Å². The molecule has 4 rings (SSSR count). The van der Waals surface area contributed by atoms with Crippen LogP contribution in [0.15, 0.2) is 40.9 Å². The van der Waals surface area contributed by atoms with Gasteiger partial charge in [-0.1, -0.05) is 41.6 Å². The van der Waals surface area contributed by atoms with Crippen molar-refractivity contribution < 1.29 is 18.7 Å². The highest BCUT2D eigenvalue weighted by atomic mass is 32.1. The first-order valence-corrected chi connectivity index (χ1v) is 10.1. The highest BCUT2D eigenvalue weighted by molar-refractivity contribution is 7.80. The molecule has 8 heteroatoms. The molecule has 2 N–H and O–H groups in total. The summed E-state index contributed by atoms with van der Waals surface area (Å²) in [6, 6.07) is 11.8. The van der Waals surface area contributed by atoms with E-state index in [-0.39, 0.29) is 5.92 Å². The van der Waals surface area contributed by atoms with Gasteiger partial charge in [0, 0.05) is 24.8 Å². The molecule has 1 aliphatic heterocycles. The van der Waals surface area contributed by atoms with Gasteiger partial charge >= 0.3 is 0 Å². The molecule has 0 aliphatic carbocycles. The van der Waals surface area contributed by atoms with Crippen LogP contribution in [-0.2, 0) is 6.42 Å². The molecule has 3 aromatic rings. The summed E-state index contributed by atoms with van der Waals surface area (Å²) in [4.78, 5) is 4.66. The van der Waals surface area contributed by atoms with Crippen molar-refractivity contribution in [3.05, 3.63) is 53.4 Å². The van der Waals surface area contributed by atoms with E-state index in [9.17, 15) is 0 Å². The average molecular weight is 426 g/mol. The van der Waals surface area contributed by atoms with Gasteiger partial charge in [-0.3, -0.25) is 0 Å². The molecule has 0 bridgehead atoms. The molecule has 2 heterocycles. The minimum absolute atomic E-state index is 0.177. The number of benzene rings is 2. The van der Waals surface area contributed by atoms with Crippen LogP contribution < -0.4 is 19.9 Å². The molecular weight excluding hydrogens is 402 g/mol. The second kappa shape index (κ2) is 8.71. The molecule has 2 aromatic carbocycles. The Morgan fingerprint density at radius 3 is 2.63 bits per heavy atom. The molecule has 1 unspecified atom stereocenters. The number of aryl methyl sites for hydroxylation is 1. The summed E-state index contributed by atoms with van der Waals surface area (Å²) in [5.74, 6) is 2.83. The lowest BCUT2D eigenvalue weighted by Gasteiger charge is -2.20. The topological polar surface area (TPSA) is 92.6 Å². The number of fused-ring (bicyclic) bond motifs is 1. The van der Waals surface area contributed by atoms with E-state index in [1.54, 1.807) is 14.0 Å². The minimum Gasteiger partial charge on any atom is -0.493 e. The quantitative estimate of drug-likeness (QED) is 0.596. The van der Waals surface area contributed by atoms with Crippen LogP contribution in [0.25, 0.3) is 11.4 Å². The Hall–Kier alpha value is -3.13. The van der Waals surface area contributed by atoms with Gasteiger partial charge in [0.15, 0.2) is 11.5 Å². The number of nitrogens with zero attached hydrogens (tertiary/aromatic N) is 2. The molecule has 1 aliphatic rings. The van der Waals surface area contributed by atoms with Crippen LogP contribution in [0.4, 0.5) is 0 Å². The van der Waals surface area contributed by atoms with Crippen LogP contribution in [0.1, 0.15) is 29.4 Å². The Labute approximate surface area is 180 Å². The van der Waals surface area contributed by atoms with Gasteiger partial charge in [0.1, 0.15) is 0 Å². The molecule has 0 amide bonds. The SMILES string of the molecule is COc1cc(C(Cc2ccc(-c3noc(C)n3)cc2)C(N)=S)cc2c1OCCCO2. The van der Waals surface area contributed by atoms with Gasteiger partial charge in [0.05, 0.1) is 25.3 Å². The van der Waals surface area contributed by atoms with Crippen molar-refractivity contribution >= 4 is 17.2 Å². The van der Waals surface area contributed by atoms with Crippen LogP contribution in [-0.4, -0.2) is 35.5 Å². The van der Waals surface area contributed by atoms with Crippen molar-refractivity contribution in [3.63, 3.8) is 0 Å². The Morgan fingerprint density at radius 1 is 1.20 bits per heavy atom. The van der Waals surface area contributed by atoms with E-state index in [0.717, 1.165) is 23.1 Å². The first-order valence-electron chi connectivity index (χ1n) is 9.71. The summed E-state index contributed by atoms with van der Waals surface area (Å²) in [6.45, 7) is 2.95. The third-order valence-electron chi connectivity index (χ3n) is 4.98. The van der Waals surface area contributed by atoms with Gasteiger partial charge < -0.3 is 24.5 Å². The summed E-state index contributed by atoms with van der Waals surface area (Å²) < 4.78 is 22.3. The van der Waals surface area contributed by atoms with E-state index >= 15 is 0 Å². The van der Waals surface area contributed by atoms with Gasteiger partial charge in [-0.25, -0.2) is 0 Å². The van der Waals surface area contributed by atoms with E-state index in [0.29, 0.717) is 53.6 Å². The van der Waals surface area contributed by atoms with Gasteiger partial charge in [0.25, 0.3) is 0 Å². The first-order chi connectivity index (χ1) is 14.5. The molecule has 0 spiro atoms. The predicted octanol–water partition coefficient (Wildman–Crippen LogP) is 3.83. The number of hydrogen-bond donors (Lipinski definition) is 1. The predicted molar refractivity (Wildman–Crippen MR) is 116 cm³/mol. The van der Waals surface area contributed by atoms with Crippen molar-refractivity contribution in [2.24, 2.45) is 5.73 Å². The Bertz CT molecular complexity index is 1050. The highest BCUT2D eigenvalue weighted by Gasteiger charge is 2.23. The summed E-state index contributed by atoms with van der Waals surface area (Å²) in [5, 5.41) is 3.95. The lowest BCUT2D eigenvalue weighted by Crippen LogP contribution is -2.21. The van der Waals surface area contributed by atoms with E-state index in [1.807, 2.05) is 36.4 Å². The molecule has 0 saturated heterocycles. The summed E-state index contributed by atoms with van der Waals surface area (Å²) in [7, 11) is 1.61. The maximum Gasteiger partial charge on any atom is 0.223 e. The highest BCUT2D eigenvalue weighted by Crippen LogP contribution is 2.42. The van der Waals surface area contributed by atoms with Crippen LogP contribution in [0.3, 0.4) is 0 Å². The minimum atomic E-state index is -0.177. The van der Waals surface area contributed by atoms with Crippen molar-refractivity contribution in [2.75, 3.05) is 20.3 Å². The van der Waals surface area contributed by atoms with E-state index in [4.69, 9.17) is 36.7 Å². The van der Waals surface area contributed by atoms with E-state index < -0.39 is 0 Å². The zero-order valence-corrected chi connectivity index (χ0v) is 17.7. The first kappa shape index (κ1) is 20.2. The molecule has 156 valence electrons. The molecule has 1 aromatic heterocycles. The summed E-state index contributed by atoms with van der Waals surface area (Å²) in [6.07, 6.45) is 1.46. The second-order valence-corrected chi connectivity index (χ2v) is 7.57. The van der Waals surface area contributed by atoms with Crippen molar-refractivity contribution in [1.82, 2.24) is 10.1 Å². The normalized spacial score (nSPS) is 14.1. The lowest BCUT2D eigenvalue weighted by atomic mass is 9.91. The van der Waals surface area contributed by atoms with Crippen molar-refractivity contribution in [1.29, 1.82) is 0 Å². The van der Waals surface area contributed by atoms with E-state index in [2.05, 4.69) is 10.1 Å². The zero-order chi connectivity index (χ0) is 21.1. The van der Waals surface area contributed by atoms with Crippen molar-refractivity contribution in [2.45, 2.75) is 25.7 Å². The Morgan fingerprint density at radius 2 is 1.97 bits per heavy atom. The van der Waals surface area contributed by atoms with Gasteiger partial charge in [0.2, 0.25) is 17.5 Å². The molecule has 0 saturated carbocycles. The Kier molecular flexibility index (Phi) is 5.85. The number of methoxy groups -OCH3 is 1. The second-order valence-electron chi connectivity index (χ2n) is 7.09. The fourth-order valence-electron chi connectivity index (χ4n) is 3.44. The Balaban J connectivity index is 1.61. The zero-order valence-electron chi connectivity index (χ0n) is 16.9. The molecule has 0 radical (unpaired) electrons. The molecule has 30 heavy (non-hydrogen) atoms. The third-order valence-corrected chi connectivity index (χ3v) is 5.27. The average Bonchev–Trinajstić information content (AvgIpc) is 3.04. The fourth-order valence-corrected chi connectivity index (χ4v) is 3.66. The summed E-state index contributed by atoms with van der Waals surface area (Å²) in [5.41, 5.74) is 9.03. The summed E-state index contributed by atoms with van der Waals surface area (Å²) >= 11 is 5.40. The monoisotopic (exact) mass is 425 g/mol.